The number of aliphatic hydroxyl groups is 2. The van der Waals surface area contributed by atoms with Gasteiger partial charge < -0.3 is 10.2 Å². The molecule has 4 aliphatic rings. The van der Waals surface area contributed by atoms with Crippen LogP contribution in [0.4, 0.5) is 0 Å². The highest BCUT2D eigenvalue weighted by Gasteiger charge is 2.65. The Morgan fingerprint density at radius 3 is 2.54 bits per heavy atom. The number of rotatable bonds is 1. The lowest BCUT2D eigenvalue weighted by atomic mass is 9.47. The SMILES string of the molecule is CC(=O)C1(O)CCC2C3CC=C4C[C@@H](O)CC[C@]4(C)C3CC[C@@]21C. The van der Waals surface area contributed by atoms with E-state index in [0.717, 1.165) is 44.9 Å². The Bertz CT molecular complexity index is 596. The second-order valence-electron chi connectivity index (χ2n) is 9.57. The number of carbonyl (C=O) groups excluding carboxylic acids is 1. The average Bonchev–Trinajstić information content (AvgIpc) is 2.81. The van der Waals surface area contributed by atoms with Crippen molar-refractivity contribution >= 4 is 5.78 Å². The fraction of sp³-hybridized carbons (Fsp3) is 0.857. The van der Waals surface area contributed by atoms with Gasteiger partial charge in [0.1, 0.15) is 5.60 Å². The highest BCUT2D eigenvalue weighted by Crippen LogP contribution is 2.67. The first-order chi connectivity index (χ1) is 11.2. The van der Waals surface area contributed by atoms with Gasteiger partial charge in [0.15, 0.2) is 5.78 Å². The summed E-state index contributed by atoms with van der Waals surface area (Å²) >= 11 is 0. The third-order valence-electron chi connectivity index (χ3n) is 8.81. The van der Waals surface area contributed by atoms with Crippen molar-refractivity contribution in [2.45, 2.75) is 83.8 Å². The summed E-state index contributed by atoms with van der Waals surface area (Å²) in [6, 6.07) is 0. The van der Waals surface area contributed by atoms with E-state index in [1.54, 1.807) is 6.92 Å². The van der Waals surface area contributed by atoms with E-state index in [1.807, 2.05) is 0 Å². The second-order valence-corrected chi connectivity index (χ2v) is 9.57. The number of Topliss-reactive ketones (excluding diaryl/α,β-unsaturated/α-hetero) is 1. The molecule has 0 heterocycles. The van der Waals surface area contributed by atoms with E-state index in [1.165, 1.54) is 5.57 Å². The molecule has 0 spiro atoms. The van der Waals surface area contributed by atoms with Crippen LogP contribution in [0.1, 0.15) is 72.1 Å². The molecule has 4 aliphatic carbocycles. The standard InChI is InChI=1S/C21H32O3/c1-13(22)21(24)11-8-18-16-5-4-14-12-15(23)6-9-19(14,2)17(16)7-10-20(18,21)3/h4,15-18,23-24H,5-12H2,1-3H3/t15-,16?,17?,18?,19-,20-,21?/m0/s1. The van der Waals surface area contributed by atoms with Crippen molar-refractivity contribution in [3.05, 3.63) is 11.6 Å². The predicted molar refractivity (Wildman–Crippen MR) is 93.3 cm³/mol. The molecule has 3 heteroatoms. The van der Waals surface area contributed by atoms with Crippen LogP contribution in [0, 0.1) is 28.6 Å². The van der Waals surface area contributed by atoms with Crippen molar-refractivity contribution in [3.8, 4) is 0 Å². The van der Waals surface area contributed by atoms with E-state index in [4.69, 9.17) is 0 Å². The van der Waals surface area contributed by atoms with Crippen LogP contribution in [0.3, 0.4) is 0 Å². The van der Waals surface area contributed by atoms with Crippen LogP contribution in [0.5, 0.6) is 0 Å². The van der Waals surface area contributed by atoms with E-state index in [9.17, 15) is 15.0 Å². The minimum absolute atomic E-state index is 0.0370. The first-order valence-corrected chi connectivity index (χ1v) is 9.83. The van der Waals surface area contributed by atoms with Crippen LogP contribution in [-0.4, -0.2) is 27.7 Å². The van der Waals surface area contributed by atoms with Gasteiger partial charge in [-0.15, -0.1) is 0 Å². The molecular formula is C21H32O3. The zero-order chi connectivity index (χ0) is 17.3. The molecule has 7 atom stereocenters. The summed E-state index contributed by atoms with van der Waals surface area (Å²) in [5.74, 6) is 1.65. The van der Waals surface area contributed by atoms with E-state index in [0.29, 0.717) is 24.2 Å². The molecule has 4 rings (SSSR count). The topological polar surface area (TPSA) is 57.5 Å². The molecule has 0 aliphatic heterocycles. The zero-order valence-electron chi connectivity index (χ0n) is 15.3. The van der Waals surface area contributed by atoms with Gasteiger partial charge in [-0.2, -0.15) is 0 Å². The third kappa shape index (κ3) is 1.94. The summed E-state index contributed by atoms with van der Waals surface area (Å²) in [6.07, 6.45) is 9.84. The van der Waals surface area contributed by atoms with Crippen LogP contribution in [0.25, 0.3) is 0 Å². The fourth-order valence-electron chi connectivity index (χ4n) is 7.24. The monoisotopic (exact) mass is 332 g/mol. The number of ketones is 1. The van der Waals surface area contributed by atoms with Gasteiger partial charge in [-0.25, -0.2) is 0 Å². The van der Waals surface area contributed by atoms with Gasteiger partial charge in [-0.1, -0.05) is 25.5 Å². The van der Waals surface area contributed by atoms with Crippen molar-refractivity contribution in [2.75, 3.05) is 0 Å². The van der Waals surface area contributed by atoms with Crippen LogP contribution in [0.15, 0.2) is 11.6 Å². The molecule has 0 aromatic carbocycles. The highest BCUT2D eigenvalue weighted by atomic mass is 16.3. The van der Waals surface area contributed by atoms with Gasteiger partial charge in [0, 0.05) is 5.41 Å². The van der Waals surface area contributed by atoms with Gasteiger partial charge in [-0.3, -0.25) is 4.79 Å². The number of hydrogen-bond acceptors (Lipinski definition) is 3. The average molecular weight is 332 g/mol. The van der Waals surface area contributed by atoms with E-state index in [-0.39, 0.29) is 22.7 Å². The zero-order valence-corrected chi connectivity index (χ0v) is 15.3. The summed E-state index contributed by atoms with van der Waals surface area (Å²) in [5, 5.41) is 21.2. The molecule has 2 N–H and O–H groups in total. The summed E-state index contributed by atoms with van der Waals surface area (Å²) in [6.45, 7) is 6.16. The Labute approximate surface area is 145 Å². The molecule has 0 saturated heterocycles. The number of allylic oxidation sites excluding steroid dienone is 1. The van der Waals surface area contributed by atoms with Gasteiger partial charge in [0.2, 0.25) is 0 Å². The molecule has 0 aromatic heterocycles. The van der Waals surface area contributed by atoms with E-state index < -0.39 is 5.60 Å². The summed E-state index contributed by atoms with van der Waals surface area (Å²) in [5.41, 5.74) is 0.331. The quantitative estimate of drug-likeness (QED) is 0.721. The van der Waals surface area contributed by atoms with Crippen molar-refractivity contribution in [2.24, 2.45) is 28.6 Å². The lowest BCUT2D eigenvalue weighted by Gasteiger charge is -2.58. The van der Waals surface area contributed by atoms with Crippen molar-refractivity contribution < 1.29 is 15.0 Å². The molecule has 4 unspecified atom stereocenters. The largest absolute Gasteiger partial charge is 0.393 e. The van der Waals surface area contributed by atoms with E-state index in [2.05, 4.69) is 19.9 Å². The molecule has 0 bridgehead atoms. The van der Waals surface area contributed by atoms with Crippen molar-refractivity contribution in [1.29, 1.82) is 0 Å². The molecule has 0 amide bonds. The Hall–Kier alpha value is -0.670. The molecule has 3 saturated carbocycles. The fourth-order valence-corrected chi connectivity index (χ4v) is 7.24. The van der Waals surface area contributed by atoms with Gasteiger partial charge in [0.05, 0.1) is 6.10 Å². The van der Waals surface area contributed by atoms with Gasteiger partial charge in [0.25, 0.3) is 0 Å². The summed E-state index contributed by atoms with van der Waals surface area (Å²) in [7, 11) is 0. The molecular weight excluding hydrogens is 300 g/mol. The maximum atomic E-state index is 12.2. The Balaban J connectivity index is 1.69. The maximum absolute atomic E-state index is 12.2. The summed E-state index contributed by atoms with van der Waals surface area (Å²) in [4.78, 5) is 12.2. The Morgan fingerprint density at radius 1 is 1.12 bits per heavy atom. The minimum Gasteiger partial charge on any atom is -0.393 e. The molecule has 3 nitrogen and oxygen atoms in total. The minimum atomic E-state index is -1.11. The maximum Gasteiger partial charge on any atom is 0.161 e. The highest BCUT2D eigenvalue weighted by molar-refractivity contribution is 5.86. The second kappa shape index (κ2) is 5.17. The number of carbonyl (C=O) groups is 1. The summed E-state index contributed by atoms with van der Waals surface area (Å²) < 4.78 is 0. The number of fused-ring (bicyclic) bond motifs is 5. The molecule has 0 radical (unpaired) electrons. The number of hydrogen-bond donors (Lipinski definition) is 2. The van der Waals surface area contributed by atoms with Crippen LogP contribution >= 0.6 is 0 Å². The molecule has 0 aromatic rings. The van der Waals surface area contributed by atoms with Crippen LogP contribution in [0.2, 0.25) is 0 Å². The normalized spacial score (nSPS) is 53.6. The lowest BCUT2D eigenvalue weighted by molar-refractivity contribution is -0.159. The van der Waals surface area contributed by atoms with Gasteiger partial charge in [-0.05, 0) is 81.5 Å². The van der Waals surface area contributed by atoms with Crippen LogP contribution in [-0.2, 0) is 4.79 Å². The molecule has 3 fully saturated rings. The number of aliphatic hydroxyl groups excluding tert-OH is 1. The lowest BCUT2D eigenvalue weighted by Crippen LogP contribution is -2.56. The van der Waals surface area contributed by atoms with Gasteiger partial charge >= 0.3 is 0 Å². The molecule has 24 heavy (non-hydrogen) atoms. The Kier molecular flexibility index (Phi) is 3.61. The Morgan fingerprint density at radius 2 is 1.83 bits per heavy atom. The smallest absolute Gasteiger partial charge is 0.161 e. The van der Waals surface area contributed by atoms with Crippen molar-refractivity contribution in [1.82, 2.24) is 0 Å². The molecule has 134 valence electrons. The van der Waals surface area contributed by atoms with Crippen LogP contribution < -0.4 is 0 Å². The van der Waals surface area contributed by atoms with E-state index >= 15 is 0 Å². The van der Waals surface area contributed by atoms with Crippen molar-refractivity contribution in [3.63, 3.8) is 0 Å². The first-order valence-electron chi connectivity index (χ1n) is 9.83. The first kappa shape index (κ1) is 16.8. The predicted octanol–water partition coefficient (Wildman–Crippen LogP) is 3.63. The third-order valence-corrected chi connectivity index (χ3v) is 8.81.